The van der Waals surface area contributed by atoms with Crippen LogP contribution in [0.15, 0.2) is 30.5 Å². The van der Waals surface area contributed by atoms with Crippen molar-refractivity contribution in [3.63, 3.8) is 0 Å². The molecule has 0 saturated carbocycles. The first kappa shape index (κ1) is 21.3. The Bertz CT molecular complexity index is 920. The number of amides is 1. The monoisotopic (exact) mass is 398 g/mol. The standard InChI is InChI=1S/C23H30N2O4/c1-23(2)7-5-15(6-8-23)20-11-19(29-4)10-16-9-17(12-24-21(16)20)22(27)25-18(13-26)14-28-3/h5,9-12,18,26H,6-8,13-14H2,1-4H3,(H,25,27). The smallest absolute Gasteiger partial charge is 0.253 e. The van der Waals surface area contributed by atoms with E-state index in [-0.39, 0.29) is 19.1 Å². The molecule has 156 valence electrons. The number of aliphatic hydroxyl groups excluding tert-OH is 1. The first-order valence-corrected chi connectivity index (χ1v) is 9.94. The van der Waals surface area contributed by atoms with Crippen molar-refractivity contribution in [3.05, 3.63) is 41.6 Å². The van der Waals surface area contributed by atoms with Crippen molar-refractivity contribution in [2.45, 2.75) is 39.2 Å². The number of allylic oxidation sites excluding steroid dienone is 2. The molecule has 1 aliphatic rings. The van der Waals surface area contributed by atoms with Gasteiger partial charge in [0, 0.05) is 24.3 Å². The molecule has 1 aliphatic carbocycles. The summed E-state index contributed by atoms with van der Waals surface area (Å²) in [7, 11) is 3.17. The highest BCUT2D eigenvalue weighted by atomic mass is 16.5. The number of nitrogens with one attached hydrogen (secondary N) is 1. The van der Waals surface area contributed by atoms with Crippen molar-refractivity contribution in [2.24, 2.45) is 5.41 Å². The van der Waals surface area contributed by atoms with Crippen LogP contribution in [0.1, 0.15) is 49.0 Å². The van der Waals surface area contributed by atoms with Crippen LogP contribution in [0.25, 0.3) is 16.5 Å². The van der Waals surface area contributed by atoms with E-state index in [1.54, 1.807) is 13.3 Å². The molecule has 1 heterocycles. The van der Waals surface area contributed by atoms with Gasteiger partial charge in [0.1, 0.15) is 5.75 Å². The lowest BCUT2D eigenvalue weighted by molar-refractivity contribution is 0.0839. The summed E-state index contributed by atoms with van der Waals surface area (Å²) in [6, 6.07) is 5.28. The average molecular weight is 399 g/mol. The van der Waals surface area contributed by atoms with Gasteiger partial charge in [-0.25, -0.2) is 0 Å². The van der Waals surface area contributed by atoms with Crippen LogP contribution in [-0.2, 0) is 4.74 Å². The molecule has 2 N–H and O–H groups in total. The number of carbonyl (C=O) groups excluding carboxylic acids is 1. The summed E-state index contributed by atoms with van der Waals surface area (Å²) in [6.07, 6.45) is 7.04. The van der Waals surface area contributed by atoms with E-state index in [1.807, 2.05) is 18.2 Å². The van der Waals surface area contributed by atoms with Crippen molar-refractivity contribution in [2.75, 3.05) is 27.4 Å². The predicted molar refractivity (Wildman–Crippen MR) is 114 cm³/mol. The summed E-state index contributed by atoms with van der Waals surface area (Å²) < 4.78 is 10.5. The third-order valence-corrected chi connectivity index (χ3v) is 5.50. The molecule has 1 atom stereocenters. The largest absolute Gasteiger partial charge is 0.497 e. The van der Waals surface area contributed by atoms with Gasteiger partial charge in [-0.1, -0.05) is 19.9 Å². The Balaban J connectivity index is 1.97. The molecule has 0 fully saturated rings. The van der Waals surface area contributed by atoms with Crippen molar-refractivity contribution in [1.29, 1.82) is 0 Å². The SMILES string of the molecule is COCC(CO)NC(=O)c1cnc2c(C3=CCC(C)(C)CC3)cc(OC)cc2c1. The van der Waals surface area contributed by atoms with Crippen LogP contribution in [-0.4, -0.2) is 49.5 Å². The van der Waals surface area contributed by atoms with E-state index >= 15 is 0 Å². The Morgan fingerprint density at radius 1 is 1.31 bits per heavy atom. The normalized spacial score (nSPS) is 16.9. The Labute approximate surface area is 171 Å². The number of fused-ring (bicyclic) bond motifs is 1. The number of rotatable bonds is 7. The van der Waals surface area contributed by atoms with Gasteiger partial charge in [0.05, 0.1) is 37.4 Å². The van der Waals surface area contributed by atoms with Crippen LogP contribution in [0, 0.1) is 5.41 Å². The number of ether oxygens (including phenoxy) is 2. The lowest BCUT2D eigenvalue weighted by Crippen LogP contribution is -2.40. The number of pyridine rings is 1. The van der Waals surface area contributed by atoms with Crippen molar-refractivity contribution >= 4 is 22.4 Å². The topological polar surface area (TPSA) is 80.7 Å². The zero-order valence-electron chi connectivity index (χ0n) is 17.6. The second-order valence-corrected chi connectivity index (χ2v) is 8.38. The first-order valence-electron chi connectivity index (χ1n) is 9.94. The summed E-state index contributed by atoms with van der Waals surface area (Å²) in [4.78, 5) is 17.2. The van der Waals surface area contributed by atoms with Gasteiger partial charge < -0.3 is 19.9 Å². The third kappa shape index (κ3) is 4.95. The molecule has 29 heavy (non-hydrogen) atoms. The number of carbonyl (C=O) groups is 1. The second kappa shape index (κ2) is 8.93. The molecule has 1 unspecified atom stereocenters. The lowest BCUT2D eigenvalue weighted by atomic mass is 9.77. The van der Waals surface area contributed by atoms with Gasteiger partial charge in [-0.05, 0) is 48.4 Å². The number of methoxy groups -OCH3 is 2. The zero-order valence-corrected chi connectivity index (χ0v) is 17.6. The molecule has 3 rings (SSSR count). The maximum atomic E-state index is 12.6. The van der Waals surface area contributed by atoms with Crippen LogP contribution >= 0.6 is 0 Å². The molecule has 0 bridgehead atoms. The highest BCUT2D eigenvalue weighted by Gasteiger charge is 2.23. The van der Waals surface area contributed by atoms with E-state index in [9.17, 15) is 9.90 Å². The fraction of sp³-hybridized carbons (Fsp3) is 0.478. The van der Waals surface area contributed by atoms with Gasteiger partial charge in [0.25, 0.3) is 5.91 Å². The van der Waals surface area contributed by atoms with Crippen molar-refractivity contribution in [1.82, 2.24) is 10.3 Å². The predicted octanol–water partition coefficient (Wildman–Crippen LogP) is 3.57. The zero-order chi connectivity index (χ0) is 21.0. The molecule has 1 amide bonds. The fourth-order valence-electron chi connectivity index (χ4n) is 3.64. The van der Waals surface area contributed by atoms with E-state index < -0.39 is 6.04 Å². The highest BCUT2D eigenvalue weighted by Crippen LogP contribution is 2.40. The first-order chi connectivity index (χ1) is 13.9. The second-order valence-electron chi connectivity index (χ2n) is 8.38. The molecular weight excluding hydrogens is 368 g/mol. The van der Waals surface area contributed by atoms with E-state index in [0.29, 0.717) is 11.0 Å². The van der Waals surface area contributed by atoms with Gasteiger partial charge in [-0.15, -0.1) is 0 Å². The third-order valence-electron chi connectivity index (χ3n) is 5.50. The molecule has 0 saturated heterocycles. The van der Waals surface area contributed by atoms with Crippen molar-refractivity contribution < 1.29 is 19.4 Å². The molecule has 6 nitrogen and oxygen atoms in total. The molecule has 0 radical (unpaired) electrons. The van der Waals surface area contributed by atoms with Gasteiger partial charge >= 0.3 is 0 Å². The Hall–Kier alpha value is -2.44. The Morgan fingerprint density at radius 2 is 2.10 bits per heavy atom. The Kier molecular flexibility index (Phi) is 6.55. The minimum absolute atomic E-state index is 0.191. The van der Waals surface area contributed by atoms with E-state index in [0.717, 1.165) is 41.5 Å². The quantitative estimate of drug-likeness (QED) is 0.745. The molecule has 1 aromatic carbocycles. The summed E-state index contributed by atoms with van der Waals surface area (Å²) in [6.45, 7) is 4.63. The molecule has 0 spiro atoms. The number of benzene rings is 1. The van der Waals surface area contributed by atoms with Crippen molar-refractivity contribution in [3.8, 4) is 5.75 Å². The molecule has 6 heteroatoms. The van der Waals surface area contributed by atoms with Crippen LogP contribution in [0.3, 0.4) is 0 Å². The molecule has 0 aliphatic heterocycles. The molecular formula is C23H30N2O4. The molecule has 2 aromatic rings. The van der Waals surface area contributed by atoms with Gasteiger partial charge in [-0.2, -0.15) is 0 Å². The number of hydrogen-bond acceptors (Lipinski definition) is 5. The van der Waals surface area contributed by atoms with Crippen LogP contribution < -0.4 is 10.1 Å². The lowest BCUT2D eigenvalue weighted by Gasteiger charge is -2.29. The van der Waals surface area contributed by atoms with E-state index in [1.165, 1.54) is 12.7 Å². The number of aliphatic hydroxyl groups is 1. The average Bonchev–Trinajstić information content (AvgIpc) is 2.72. The van der Waals surface area contributed by atoms with E-state index in [2.05, 4.69) is 30.2 Å². The summed E-state index contributed by atoms with van der Waals surface area (Å²) >= 11 is 0. The van der Waals surface area contributed by atoms with Gasteiger partial charge in [0.2, 0.25) is 0 Å². The van der Waals surface area contributed by atoms with Gasteiger partial charge in [0.15, 0.2) is 0 Å². The summed E-state index contributed by atoms with van der Waals surface area (Å²) in [5.41, 5.74) is 3.96. The number of nitrogens with zero attached hydrogens (tertiary/aromatic N) is 1. The minimum atomic E-state index is -0.459. The fourth-order valence-corrected chi connectivity index (χ4v) is 3.64. The van der Waals surface area contributed by atoms with Crippen LogP contribution in [0.5, 0.6) is 5.75 Å². The Morgan fingerprint density at radius 3 is 2.72 bits per heavy atom. The maximum Gasteiger partial charge on any atom is 0.253 e. The molecule has 1 aromatic heterocycles. The number of hydrogen-bond donors (Lipinski definition) is 2. The summed E-state index contributed by atoms with van der Waals surface area (Å²) in [5, 5.41) is 13.0. The van der Waals surface area contributed by atoms with E-state index in [4.69, 9.17) is 9.47 Å². The maximum absolute atomic E-state index is 12.6. The van der Waals surface area contributed by atoms with Crippen LogP contribution in [0.2, 0.25) is 0 Å². The van der Waals surface area contributed by atoms with Gasteiger partial charge in [-0.3, -0.25) is 9.78 Å². The highest BCUT2D eigenvalue weighted by molar-refractivity contribution is 6.00. The number of aromatic nitrogens is 1. The summed E-state index contributed by atoms with van der Waals surface area (Å²) in [5.74, 6) is 0.448. The van der Waals surface area contributed by atoms with Crippen LogP contribution in [0.4, 0.5) is 0 Å². The minimum Gasteiger partial charge on any atom is -0.497 e.